The van der Waals surface area contributed by atoms with E-state index in [2.05, 4.69) is 6.92 Å². The number of aliphatic hydroxyl groups is 1. The van der Waals surface area contributed by atoms with Crippen molar-refractivity contribution < 1.29 is 5.11 Å². The average molecular weight is 291 g/mol. The predicted molar refractivity (Wildman–Crippen MR) is 85.7 cm³/mol. The summed E-state index contributed by atoms with van der Waals surface area (Å²) in [4.78, 5) is 0. The molecule has 2 heteroatoms. The standard InChI is InChI=1S/C19H33NO/c1-2-13-6-8-18(12-20,9-7-13)19(21)11-14-10-17(19)16-5-3-4-15(14)16/h13-17,21H,2-12,20H2,1H3. The molecule has 120 valence electrons. The highest BCUT2D eigenvalue weighted by Crippen LogP contribution is 2.68. The molecule has 0 aromatic carbocycles. The minimum absolute atomic E-state index is 0.0473. The third kappa shape index (κ3) is 1.84. The van der Waals surface area contributed by atoms with E-state index in [-0.39, 0.29) is 5.41 Å². The average Bonchev–Trinajstić information content (AvgIpc) is 3.18. The van der Waals surface area contributed by atoms with Crippen molar-refractivity contribution in [1.82, 2.24) is 0 Å². The summed E-state index contributed by atoms with van der Waals surface area (Å²) in [6.07, 6.45) is 12.9. The summed E-state index contributed by atoms with van der Waals surface area (Å²) in [6.45, 7) is 3.02. The molecule has 5 unspecified atom stereocenters. The van der Waals surface area contributed by atoms with Crippen LogP contribution in [0.25, 0.3) is 0 Å². The van der Waals surface area contributed by atoms with Crippen LogP contribution in [0.3, 0.4) is 0 Å². The molecule has 2 bridgehead atoms. The van der Waals surface area contributed by atoms with Crippen molar-refractivity contribution in [2.45, 2.75) is 76.7 Å². The van der Waals surface area contributed by atoms with Crippen LogP contribution in [0.5, 0.6) is 0 Å². The van der Waals surface area contributed by atoms with Crippen molar-refractivity contribution in [3.8, 4) is 0 Å². The Morgan fingerprint density at radius 1 is 1.10 bits per heavy atom. The van der Waals surface area contributed by atoms with E-state index in [0.29, 0.717) is 12.5 Å². The molecular formula is C19H33NO. The smallest absolute Gasteiger partial charge is 0.0749 e. The summed E-state index contributed by atoms with van der Waals surface area (Å²) in [5, 5.41) is 11.8. The molecule has 0 amide bonds. The molecule has 4 aliphatic rings. The SMILES string of the molecule is CCC1CCC(CN)(C2(O)CC3CC2C2CCCC32)CC1. The number of rotatable bonds is 3. The zero-order chi connectivity index (χ0) is 14.7. The fraction of sp³-hybridized carbons (Fsp3) is 1.00. The van der Waals surface area contributed by atoms with Gasteiger partial charge in [-0.05, 0) is 81.0 Å². The first kappa shape index (κ1) is 14.5. The van der Waals surface area contributed by atoms with Gasteiger partial charge in [-0.15, -0.1) is 0 Å². The normalized spacial score (nSPS) is 55.9. The Morgan fingerprint density at radius 3 is 2.48 bits per heavy atom. The van der Waals surface area contributed by atoms with Crippen LogP contribution in [0, 0.1) is 35.0 Å². The lowest BCUT2D eigenvalue weighted by Crippen LogP contribution is -2.59. The van der Waals surface area contributed by atoms with Gasteiger partial charge in [0.15, 0.2) is 0 Å². The van der Waals surface area contributed by atoms with Crippen LogP contribution in [-0.2, 0) is 0 Å². The van der Waals surface area contributed by atoms with Gasteiger partial charge >= 0.3 is 0 Å². The molecule has 4 saturated carbocycles. The molecule has 0 aromatic heterocycles. The third-order valence-corrected chi connectivity index (χ3v) is 8.44. The summed E-state index contributed by atoms with van der Waals surface area (Å²) in [5.74, 6) is 4.07. The molecule has 0 aromatic rings. The zero-order valence-electron chi connectivity index (χ0n) is 13.7. The van der Waals surface area contributed by atoms with Gasteiger partial charge in [-0.1, -0.05) is 19.8 Å². The van der Waals surface area contributed by atoms with Crippen LogP contribution < -0.4 is 5.73 Å². The van der Waals surface area contributed by atoms with Crippen LogP contribution in [0.4, 0.5) is 0 Å². The van der Waals surface area contributed by atoms with Crippen LogP contribution in [0.15, 0.2) is 0 Å². The van der Waals surface area contributed by atoms with Gasteiger partial charge in [0.1, 0.15) is 0 Å². The monoisotopic (exact) mass is 291 g/mol. The molecule has 0 aliphatic heterocycles. The van der Waals surface area contributed by atoms with Crippen molar-refractivity contribution in [2.75, 3.05) is 6.54 Å². The largest absolute Gasteiger partial charge is 0.389 e. The minimum atomic E-state index is -0.420. The van der Waals surface area contributed by atoms with E-state index in [0.717, 1.165) is 30.1 Å². The summed E-state index contributed by atoms with van der Waals surface area (Å²) in [7, 11) is 0. The van der Waals surface area contributed by atoms with E-state index in [9.17, 15) is 5.11 Å². The van der Waals surface area contributed by atoms with Crippen molar-refractivity contribution in [2.24, 2.45) is 40.7 Å². The van der Waals surface area contributed by atoms with E-state index in [1.807, 2.05) is 0 Å². The molecule has 0 heterocycles. The molecule has 0 radical (unpaired) electrons. The molecular weight excluding hydrogens is 258 g/mol. The summed E-state index contributed by atoms with van der Waals surface area (Å²) in [5.41, 5.74) is 5.93. The zero-order valence-corrected chi connectivity index (χ0v) is 13.7. The van der Waals surface area contributed by atoms with E-state index < -0.39 is 5.60 Å². The molecule has 4 aliphatic carbocycles. The quantitative estimate of drug-likeness (QED) is 0.832. The Morgan fingerprint density at radius 2 is 1.81 bits per heavy atom. The van der Waals surface area contributed by atoms with Crippen molar-refractivity contribution >= 4 is 0 Å². The fourth-order valence-corrected chi connectivity index (χ4v) is 7.17. The Labute approximate surface area is 129 Å². The van der Waals surface area contributed by atoms with Gasteiger partial charge in [0, 0.05) is 12.0 Å². The molecule has 4 rings (SSSR count). The maximum atomic E-state index is 11.8. The molecule has 21 heavy (non-hydrogen) atoms. The van der Waals surface area contributed by atoms with E-state index in [4.69, 9.17) is 5.73 Å². The first-order chi connectivity index (χ1) is 10.1. The van der Waals surface area contributed by atoms with Crippen LogP contribution >= 0.6 is 0 Å². The lowest BCUT2D eigenvalue weighted by Gasteiger charge is -2.54. The highest BCUT2D eigenvalue weighted by molar-refractivity contribution is 5.17. The van der Waals surface area contributed by atoms with Gasteiger partial charge < -0.3 is 10.8 Å². The Bertz CT molecular complexity index is 400. The molecule has 4 fully saturated rings. The number of nitrogens with two attached hydrogens (primary N) is 1. The van der Waals surface area contributed by atoms with Crippen LogP contribution in [-0.4, -0.2) is 17.3 Å². The van der Waals surface area contributed by atoms with Gasteiger partial charge in [-0.3, -0.25) is 0 Å². The van der Waals surface area contributed by atoms with Gasteiger partial charge in [-0.25, -0.2) is 0 Å². The van der Waals surface area contributed by atoms with Gasteiger partial charge in [0.2, 0.25) is 0 Å². The minimum Gasteiger partial charge on any atom is -0.389 e. The molecule has 2 nitrogen and oxygen atoms in total. The second-order valence-corrected chi connectivity index (χ2v) is 8.83. The summed E-state index contributed by atoms with van der Waals surface area (Å²) < 4.78 is 0. The molecule has 0 saturated heterocycles. The van der Waals surface area contributed by atoms with Gasteiger partial charge in [-0.2, -0.15) is 0 Å². The molecule has 3 N–H and O–H groups in total. The number of hydrogen-bond acceptors (Lipinski definition) is 2. The molecule has 5 atom stereocenters. The summed E-state index contributed by atoms with van der Waals surface area (Å²) >= 11 is 0. The lowest BCUT2D eigenvalue weighted by molar-refractivity contribution is -0.156. The summed E-state index contributed by atoms with van der Waals surface area (Å²) in [6, 6.07) is 0. The first-order valence-corrected chi connectivity index (χ1v) is 9.56. The van der Waals surface area contributed by atoms with Crippen molar-refractivity contribution in [3.05, 3.63) is 0 Å². The second-order valence-electron chi connectivity index (χ2n) is 8.83. The fourth-order valence-electron chi connectivity index (χ4n) is 7.17. The molecule has 0 spiro atoms. The predicted octanol–water partition coefficient (Wildman–Crippen LogP) is 3.72. The van der Waals surface area contributed by atoms with E-state index >= 15 is 0 Å². The Kier molecular flexibility index (Phi) is 3.43. The third-order valence-electron chi connectivity index (χ3n) is 8.44. The number of hydrogen-bond donors (Lipinski definition) is 2. The van der Waals surface area contributed by atoms with Crippen molar-refractivity contribution in [1.29, 1.82) is 0 Å². The van der Waals surface area contributed by atoms with Crippen LogP contribution in [0.2, 0.25) is 0 Å². The highest BCUT2D eigenvalue weighted by atomic mass is 16.3. The van der Waals surface area contributed by atoms with Gasteiger partial charge in [0.25, 0.3) is 0 Å². The number of fused-ring (bicyclic) bond motifs is 5. The van der Waals surface area contributed by atoms with Gasteiger partial charge in [0.05, 0.1) is 5.60 Å². The maximum Gasteiger partial charge on any atom is 0.0749 e. The van der Waals surface area contributed by atoms with E-state index in [1.165, 1.54) is 57.8 Å². The van der Waals surface area contributed by atoms with E-state index in [1.54, 1.807) is 0 Å². The van der Waals surface area contributed by atoms with Crippen LogP contribution in [0.1, 0.15) is 71.1 Å². The first-order valence-electron chi connectivity index (χ1n) is 9.56. The van der Waals surface area contributed by atoms with Crippen molar-refractivity contribution in [3.63, 3.8) is 0 Å². The lowest BCUT2D eigenvalue weighted by atomic mass is 9.54. The Balaban J connectivity index is 1.59. The highest BCUT2D eigenvalue weighted by Gasteiger charge is 2.66. The second kappa shape index (κ2) is 4.96. The maximum absolute atomic E-state index is 11.8. The Hall–Kier alpha value is -0.0800. The topological polar surface area (TPSA) is 46.2 Å².